The Bertz CT molecular complexity index is 361. The highest BCUT2D eigenvalue weighted by molar-refractivity contribution is 5.52. The first-order valence-electron chi connectivity index (χ1n) is 6.41. The normalized spacial score (nSPS) is 16.0. The van der Waals surface area contributed by atoms with Gasteiger partial charge in [0.15, 0.2) is 11.6 Å². The Hall–Kier alpha value is -1.25. The fourth-order valence-electron chi connectivity index (χ4n) is 2.14. The Balaban J connectivity index is 2.15. The summed E-state index contributed by atoms with van der Waals surface area (Å²) >= 11 is 0. The molecule has 0 saturated carbocycles. The Kier molecular flexibility index (Phi) is 4.24. The Labute approximate surface area is 102 Å². The zero-order chi connectivity index (χ0) is 12.1. The molecule has 1 aromatic rings. The summed E-state index contributed by atoms with van der Waals surface area (Å²) in [6.45, 7) is 4.42. The minimum Gasteiger partial charge on any atom is -0.490 e. The molecule has 0 spiro atoms. The summed E-state index contributed by atoms with van der Waals surface area (Å²) in [4.78, 5) is 2.10. The first-order chi connectivity index (χ1) is 8.33. The number of nitrogens with zero attached hydrogens (tertiary/aromatic N) is 1. The molecule has 17 heavy (non-hydrogen) atoms. The summed E-state index contributed by atoms with van der Waals surface area (Å²) in [7, 11) is 0. The largest absolute Gasteiger partial charge is 0.490 e. The van der Waals surface area contributed by atoms with Gasteiger partial charge in [-0.15, -0.1) is 0 Å². The SMILES string of the molecule is CCCOc1[c]ccc(N2CCCCC2)c1F. The second-order valence-electron chi connectivity index (χ2n) is 4.40. The lowest BCUT2D eigenvalue weighted by atomic mass is 10.1. The average molecular weight is 236 g/mol. The fourth-order valence-corrected chi connectivity index (χ4v) is 2.14. The molecule has 93 valence electrons. The monoisotopic (exact) mass is 236 g/mol. The molecule has 1 saturated heterocycles. The van der Waals surface area contributed by atoms with Crippen molar-refractivity contribution in [2.75, 3.05) is 24.6 Å². The van der Waals surface area contributed by atoms with Crippen molar-refractivity contribution in [3.8, 4) is 5.75 Å². The van der Waals surface area contributed by atoms with Crippen molar-refractivity contribution in [2.45, 2.75) is 32.6 Å². The van der Waals surface area contributed by atoms with Crippen LogP contribution in [0.2, 0.25) is 0 Å². The molecule has 1 radical (unpaired) electrons. The van der Waals surface area contributed by atoms with Crippen LogP contribution < -0.4 is 9.64 Å². The van der Waals surface area contributed by atoms with E-state index in [9.17, 15) is 4.39 Å². The van der Waals surface area contributed by atoms with Crippen LogP contribution in [0.5, 0.6) is 5.75 Å². The first-order valence-corrected chi connectivity index (χ1v) is 6.41. The number of hydrogen-bond acceptors (Lipinski definition) is 2. The number of anilines is 1. The zero-order valence-corrected chi connectivity index (χ0v) is 10.3. The van der Waals surface area contributed by atoms with Gasteiger partial charge in [0.1, 0.15) is 0 Å². The molecule has 2 nitrogen and oxygen atoms in total. The average Bonchev–Trinajstić information content (AvgIpc) is 2.39. The Morgan fingerprint density at radius 1 is 1.35 bits per heavy atom. The van der Waals surface area contributed by atoms with Gasteiger partial charge < -0.3 is 9.64 Å². The third-order valence-electron chi connectivity index (χ3n) is 3.03. The second kappa shape index (κ2) is 5.89. The maximum Gasteiger partial charge on any atom is 0.188 e. The summed E-state index contributed by atoms with van der Waals surface area (Å²) in [5.41, 5.74) is 0.662. The highest BCUT2D eigenvalue weighted by atomic mass is 19.1. The van der Waals surface area contributed by atoms with E-state index in [4.69, 9.17) is 4.74 Å². The van der Waals surface area contributed by atoms with Gasteiger partial charge in [0, 0.05) is 19.2 Å². The molecule has 2 rings (SSSR count). The summed E-state index contributed by atoms with van der Waals surface area (Å²) in [5.74, 6) is -0.00206. The van der Waals surface area contributed by atoms with Gasteiger partial charge in [0.05, 0.1) is 12.3 Å². The number of rotatable bonds is 4. The van der Waals surface area contributed by atoms with E-state index >= 15 is 0 Å². The molecule has 1 aliphatic rings. The standard InChI is InChI=1S/C14H19FNO/c1-2-11-17-13-8-6-7-12(14(13)15)16-9-4-3-5-10-16/h6-7H,2-5,9-11H2,1H3. The van der Waals surface area contributed by atoms with Gasteiger partial charge in [-0.05, 0) is 37.8 Å². The van der Waals surface area contributed by atoms with Crippen molar-refractivity contribution in [1.29, 1.82) is 0 Å². The summed E-state index contributed by atoms with van der Waals surface area (Å²) in [6.07, 6.45) is 4.41. The first kappa shape index (κ1) is 12.2. The molecular weight excluding hydrogens is 217 g/mol. The van der Waals surface area contributed by atoms with E-state index in [1.807, 2.05) is 6.92 Å². The zero-order valence-electron chi connectivity index (χ0n) is 10.3. The topological polar surface area (TPSA) is 12.5 Å². The van der Waals surface area contributed by atoms with Crippen LogP contribution in [-0.4, -0.2) is 19.7 Å². The highest BCUT2D eigenvalue weighted by Crippen LogP contribution is 2.29. The van der Waals surface area contributed by atoms with E-state index in [1.165, 1.54) is 6.42 Å². The minimum atomic E-state index is -0.261. The number of hydrogen-bond donors (Lipinski definition) is 0. The van der Waals surface area contributed by atoms with E-state index < -0.39 is 0 Å². The van der Waals surface area contributed by atoms with Crippen LogP contribution >= 0.6 is 0 Å². The van der Waals surface area contributed by atoms with Gasteiger partial charge in [-0.2, -0.15) is 0 Å². The second-order valence-corrected chi connectivity index (χ2v) is 4.40. The van der Waals surface area contributed by atoms with E-state index in [-0.39, 0.29) is 11.6 Å². The summed E-state index contributed by atoms with van der Waals surface area (Å²) in [6, 6.07) is 6.37. The molecule has 0 N–H and O–H groups in total. The summed E-state index contributed by atoms with van der Waals surface area (Å²) in [5, 5.41) is 0. The molecule has 3 heteroatoms. The lowest BCUT2D eigenvalue weighted by molar-refractivity contribution is 0.300. The van der Waals surface area contributed by atoms with Crippen LogP contribution in [0.25, 0.3) is 0 Å². The van der Waals surface area contributed by atoms with Crippen LogP contribution in [-0.2, 0) is 0 Å². The quantitative estimate of drug-likeness (QED) is 0.794. The minimum absolute atomic E-state index is 0.259. The molecule has 0 unspecified atom stereocenters. The molecular formula is C14H19FNO. The smallest absolute Gasteiger partial charge is 0.188 e. The Morgan fingerprint density at radius 2 is 2.12 bits per heavy atom. The molecule has 0 aliphatic carbocycles. The summed E-state index contributed by atoms with van der Waals surface area (Å²) < 4.78 is 19.5. The van der Waals surface area contributed by atoms with Crippen molar-refractivity contribution in [3.63, 3.8) is 0 Å². The molecule has 0 bridgehead atoms. The van der Waals surface area contributed by atoms with Crippen molar-refractivity contribution in [3.05, 3.63) is 24.0 Å². The highest BCUT2D eigenvalue weighted by Gasteiger charge is 2.17. The van der Waals surface area contributed by atoms with Crippen LogP contribution in [0.4, 0.5) is 10.1 Å². The van der Waals surface area contributed by atoms with Gasteiger partial charge in [-0.1, -0.05) is 6.92 Å². The van der Waals surface area contributed by atoms with Gasteiger partial charge in [-0.3, -0.25) is 0 Å². The molecule has 0 amide bonds. The number of benzene rings is 1. The number of ether oxygens (including phenoxy) is 1. The predicted molar refractivity (Wildman–Crippen MR) is 67.1 cm³/mol. The third-order valence-corrected chi connectivity index (χ3v) is 3.03. The lowest BCUT2D eigenvalue weighted by Gasteiger charge is -2.29. The van der Waals surface area contributed by atoms with Crippen LogP contribution in [0, 0.1) is 11.9 Å². The van der Waals surface area contributed by atoms with E-state index in [0.29, 0.717) is 12.3 Å². The third kappa shape index (κ3) is 2.90. The fraction of sp³-hybridized carbons (Fsp3) is 0.571. The number of piperidine rings is 1. The predicted octanol–water partition coefficient (Wildman–Crippen LogP) is 3.40. The van der Waals surface area contributed by atoms with Gasteiger partial charge in [0.2, 0.25) is 0 Å². The van der Waals surface area contributed by atoms with E-state index in [1.54, 1.807) is 12.1 Å². The van der Waals surface area contributed by atoms with Gasteiger partial charge >= 0.3 is 0 Å². The Morgan fingerprint density at radius 3 is 2.82 bits per heavy atom. The van der Waals surface area contributed by atoms with Crippen molar-refractivity contribution >= 4 is 5.69 Å². The maximum absolute atomic E-state index is 14.2. The maximum atomic E-state index is 14.2. The van der Waals surface area contributed by atoms with Crippen LogP contribution in [0.3, 0.4) is 0 Å². The van der Waals surface area contributed by atoms with E-state index in [0.717, 1.165) is 32.4 Å². The van der Waals surface area contributed by atoms with E-state index in [2.05, 4.69) is 11.0 Å². The van der Waals surface area contributed by atoms with Crippen LogP contribution in [0.1, 0.15) is 32.6 Å². The molecule has 1 aliphatic heterocycles. The van der Waals surface area contributed by atoms with Crippen molar-refractivity contribution in [1.82, 2.24) is 0 Å². The van der Waals surface area contributed by atoms with Crippen LogP contribution in [0.15, 0.2) is 12.1 Å². The molecule has 0 aromatic heterocycles. The van der Waals surface area contributed by atoms with Gasteiger partial charge in [-0.25, -0.2) is 4.39 Å². The van der Waals surface area contributed by atoms with Crippen molar-refractivity contribution < 1.29 is 9.13 Å². The molecule has 1 aromatic carbocycles. The molecule has 1 fully saturated rings. The molecule has 1 heterocycles. The van der Waals surface area contributed by atoms with Crippen molar-refractivity contribution in [2.24, 2.45) is 0 Å². The number of halogens is 1. The molecule has 0 atom stereocenters. The lowest BCUT2D eigenvalue weighted by Crippen LogP contribution is -2.30. The van der Waals surface area contributed by atoms with Gasteiger partial charge in [0.25, 0.3) is 0 Å².